The first-order valence-electron chi connectivity index (χ1n) is 6.74. The molecule has 0 aromatic heterocycles. The largest absolute Gasteiger partial charge is 0.481 e. The maximum Gasteiger partial charge on any atom is 0.308 e. The number of sulfone groups is 1. The Morgan fingerprint density at radius 1 is 1.32 bits per heavy atom. The van der Waals surface area contributed by atoms with Gasteiger partial charge in [0.2, 0.25) is 5.91 Å². The van der Waals surface area contributed by atoms with Crippen LogP contribution in [0.1, 0.15) is 13.3 Å². The summed E-state index contributed by atoms with van der Waals surface area (Å²) in [4.78, 5) is 24.3. The molecule has 1 heterocycles. The van der Waals surface area contributed by atoms with E-state index in [4.69, 9.17) is 5.11 Å². The molecule has 22 heavy (non-hydrogen) atoms. The van der Waals surface area contributed by atoms with Gasteiger partial charge in [-0.3, -0.25) is 9.59 Å². The quantitative estimate of drug-likeness (QED) is 0.830. The summed E-state index contributed by atoms with van der Waals surface area (Å²) in [5, 5.41) is 7.58. The normalized spacial score (nSPS) is 19.9. The third kappa shape index (κ3) is 3.11. The van der Waals surface area contributed by atoms with E-state index >= 15 is 0 Å². The molecule has 2 atom stereocenters. The summed E-state index contributed by atoms with van der Waals surface area (Å²) >= 11 is 0. The Labute approximate surface area is 127 Å². The van der Waals surface area contributed by atoms with Crippen molar-refractivity contribution in [3.63, 3.8) is 0 Å². The van der Waals surface area contributed by atoms with E-state index in [9.17, 15) is 22.4 Å². The lowest BCUT2D eigenvalue weighted by atomic mass is 10.1. The number of carboxylic acid groups (broad SMARTS) is 1. The number of hydrogen-bond acceptors (Lipinski definition) is 4. The Bertz CT molecular complexity index is 686. The summed E-state index contributed by atoms with van der Waals surface area (Å²) in [5.74, 6) is -2.86. The fourth-order valence-electron chi connectivity index (χ4n) is 2.38. The van der Waals surface area contributed by atoms with Gasteiger partial charge in [-0.1, -0.05) is 0 Å². The zero-order chi connectivity index (χ0) is 16.5. The van der Waals surface area contributed by atoms with Crippen molar-refractivity contribution < 1.29 is 27.5 Å². The Morgan fingerprint density at radius 3 is 2.41 bits per heavy atom. The average molecular weight is 329 g/mol. The van der Waals surface area contributed by atoms with E-state index in [1.807, 2.05) is 0 Å². The van der Waals surface area contributed by atoms with Crippen LogP contribution in [0.25, 0.3) is 0 Å². The van der Waals surface area contributed by atoms with E-state index < -0.39 is 38.7 Å². The number of amides is 1. The molecule has 1 aliphatic heterocycles. The summed E-state index contributed by atoms with van der Waals surface area (Å²) in [6.07, 6.45) is 0.310. The fourth-order valence-corrected chi connectivity index (χ4v) is 3.72. The summed E-state index contributed by atoms with van der Waals surface area (Å²) in [6, 6.07) is 4.25. The van der Waals surface area contributed by atoms with Crippen LogP contribution in [0, 0.1) is 11.7 Å². The second kappa shape index (κ2) is 6.04. The third-order valence-corrected chi connectivity index (χ3v) is 5.87. The number of carbonyl (C=O) groups is 2. The molecule has 1 aliphatic rings. The van der Waals surface area contributed by atoms with Crippen LogP contribution in [0.3, 0.4) is 0 Å². The predicted molar refractivity (Wildman–Crippen MR) is 75.4 cm³/mol. The van der Waals surface area contributed by atoms with Gasteiger partial charge in [-0.25, -0.2) is 12.8 Å². The lowest BCUT2D eigenvalue weighted by Crippen LogP contribution is -2.40. The van der Waals surface area contributed by atoms with Crippen molar-refractivity contribution in [1.82, 2.24) is 4.90 Å². The number of benzene rings is 1. The summed E-state index contributed by atoms with van der Waals surface area (Å²) < 4.78 is 37.6. The van der Waals surface area contributed by atoms with Crippen molar-refractivity contribution in [2.24, 2.45) is 5.92 Å². The first kappa shape index (κ1) is 16.4. The Morgan fingerprint density at radius 2 is 1.91 bits per heavy atom. The van der Waals surface area contributed by atoms with E-state index in [0.29, 0.717) is 6.42 Å². The SMILES string of the molecule is C[C@@H](C(=O)N1CC[C@@H](C(=O)O)C1)S(=O)(=O)c1ccc(F)cc1. The minimum atomic E-state index is -3.94. The Balaban J connectivity index is 2.16. The second-order valence-electron chi connectivity index (χ2n) is 5.25. The van der Waals surface area contributed by atoms with Crippen LogP contribution >= 0.6 is 0 Å². The van der Waals surface area contributed by atoms with Gasteiger partial charge >= 0.3 is 5.97 Å². The van der Waals surface area contributed by atoms with E-state index in [-0.39, 0.29) is 18.0 Å². The number of nitrogens with zero attached hydrogens (tertiary/aromatic N) is 1. The molecule has 1 saturated heterocycles. The number of carbonyl (C=O) groups excluding carboxylic acids is 1. The van der Waals surface area contributed by atoms with E-state index in [2.05, 4.69) is 0 Å². The Hall–Kier alpha value is -1.96. The molecule has 8 heteroatoms. The van der Waals surface area contributed by atoms with Crippen molar-refractivity contribution in [2.45, 2.75) is 23.5 Å². The van der Waals surface area contributed by atoms with Crippen molar-refractivity contribution in [2.75, 3.05) is 13.1 Å². The highest BCUT2D eigenvalue weighted by Crippen LogP contribution is 2.22. The molecular weight excluding hydrogens is 313 g/mol. The minimum absolute atomic E-state index is 0.0114. The molecule has 1 aromatic rings. The van der Waals surface area contributed by atoms with E-state index in [1.165, 1.54) is 11.8 Å². The van der Waals surface area contributed by atoms with Crippen LogP contribution < -0.4 is 0 Å². The summed E-state index contributed by atoms with van der Waals surface area (Å²) in [5.41, 5.74) is 0. The first-order valence-corrected chi connectivity index (χ1v) is 8.29. The van der Waals surface area contributed by atoms with Crippen molar-refractivity contribution in [3.05, 3.63) is 30.1 Å². The van der Waals surface area contributed by atoms with Crippen molar-refractivity contribution >= 4 is 21.7 Å². The molecule has 1 N–H and O–H groups in total. The highest BCUT2D eigenvalue weighted by atomic mass is 32.2. The molecule has 0 radical (unpaired) electrons. The molecular formula is C14H16FNO5S. The maximum atomic E-state index is 12.9. The van der Waals surface area contributed by atoms with Gasteiger partial charge < -0.3 is 10.0 Å². The average Bonchev–Trinajstić information content (AvgIpc) is 2.96. The summed E-state index contributed by atoms with van der Waals surface area (Å²) in [6.45, 7) is 1.49. The van der Waals surface area contributed by atoms with E-state index in [0.717, 1.165) is 24.3 Å². The molecule has 120 valence electrons. The van der Waals surface area contributed by atoms with Crippen molar-refractivity contribution in [3.8, 4) is 0 Å². The van der Waals surface area contributed by atoms with Gasteiger partial charge in [0.05, 0.1) is 10.8 Å². The molecule has 1 aromatic carbocycles. The third-order valence-electron chi connectivity index (χ3n) is 3.80. The molecule has 1 fully saturated rings. The molecule has 2 rings (SSSR count). The zero-order valence-electron chi connectivity index (χ0n) is 11.9. The van der Waals surface area contributed by atoms with E-state index in [1.54, 1.807) is 0 Å². The molecule has 1 amide bonds. The molecule has 6 nitrogen and oxygen atoms in total. The summed E-state index contributed by atoms with van der Waals surface area (Å²) in [7, 11) is -3.94. The molecule has 0 bridgehead atoms. The number of aliphatic carboxylic acids is 1. The zero-order valence-corrected chi connectivity index (χ0v) is 12.7. The van der Waals surface area contributed by atoms with Gasteiger partial charge in [0.25, 0.3) is 0 Å². The smallest absolute Gasteiger partial charge is 0.308 e. The number of halogens is 1. The number of hydrogen-bond donors (Lipinski definition) is 1. The van der Waals surface area contributed by atoms with Gasteiger partial charge in [0.1, 0.15) is 11.1 Å². The van der Waals surface area contributed by atoms with Crippen LogP contribution in [-0.2, 0) is 19.4 Å². The number of likely N-dealkylation sites (tertiary alicyclic amines) is 1. The highest BCUT2D eigenvalue weighted by molar-refractivity contribution is 7.92. The first-order chi connectivity index (χ1) is 10.2. The van der Waals surface area contributed by atoms with Gasteiger partial charge in [-0.15, -0.1) is 0 Å². The minimum Gasteiger partial charge on any atom is -0.481 e. The van der Waals surface area contributed by atoms with Gasteiger partial charge in [-0.2, -0.15) is 0 Å². The molecule has 0 saturated carbocycles. The molecule has 0 unspecified atom stereocenters. The standard InChI is InChI=1S/C14H16FNO5S/c1-9(13(17)16-7-6-10(8-16)14(18)19)22(20,21)12-4-2-11(15)3-5-12/h2-5,9-10H,6-8H2,1H3,(H,18,19)/t9-,10+/m0/s1. The monoisotopic (exact) mass is 329 g/mol. The van der Waals surface area contributed by atoms with Gasteiger partial charge in [0.15, 0.2) is 9.84 Å². The van der Waals surface area contributed by atoms with Crippen LogP contribution in [0.2, 0.25) is 0 Å². The lowest BCUT2D eigenvalue weighted by Gasteiger charge is -2.20. The molecule has 0 spiro atoms. The predicted octanol–water partition coefficient (Wildman–Crippen LogP) is 0.921. The van der Waals surface area contributed by atoms with Crippen LogP contribution in [0.4, 0.5) is 4.39 Å². The van der Waals surface area contributed by atoms with Gasteiger partial charge in [0, 0.05) is 13.1 Å². The van der Waals surface area contributed by atoms with Crippen LogP contribution in [0.5, 0.6) is 0 Å². The Kier molecular flexibility index (Phi) is 4.50. The maximum absolute atomic E-state index is 12.9. The van der Waals surface area contributed by atoms with Gasteiger partial charge in [-0.05, 0) is 37.6 Å². The van der Waals surface area contributed by atoms with Crippen LogP contribution in [0.15, 0.2) is 29.2 Å². The fraction of sp³-hybridized carbons (Fsp3) is 0.429. The van der Waals surface area contributed by atoms with Crippen LogP contribution in [-0.4, -0.2) is 48.6 Å². The second-order valence-corrected chi connectivity index (χ2v) is 7.52. The topological polar surface area (TPSA) is 91.8 Å². The number of carboxylic acids is 1. The van der Waals surface area contributed by atoms with Crippen molar-refractivity contribution in [1.29, 1.82) is 0 Å². The number of rotatable bonds is 4. The lowest BCUT2D eigenvalue weighted by molar-refractivity contribution is -0.141. The highest BCUT2D eigenvalue weighted by Gasteiger charge is 2.37. The molecule has 0 aliphatic carbocycles.